The Kier molecular flexibility index (Phi) is 5.69. The van der Waals surface area contributed by atoms with Crippen molar-refractivity contribution in [2.45, 2.75) is 32.0 Å². The number of benzene rings is 1. The zero-order valence-electron chi connectivity index (χ0n) is 17.0. The van der Waals surface area contributed by atoms with Crippen LogP contribution in [0.4, 0.5) is 0 Å². The molecule has 5 nitrogen and oxygen atoms in total. The van der Waals surface area contributed by atoms with Gasteiger partial charge in [-0.25, -0.2) is 0 Å². The zero-order valence-corrected chi connectivity index (χ0v) is 18.6. The molecule has 2 unspecified atom stereocenters. The number of hydrogen-bond donors (Lipinski definition) is 2. The fraction of sp³-hybridized carbons (Fsp3) is 0.435. The van der Waals surface area contributed by atoms with Crippen molar-refractivity contribution >= 4 is 33.2 Å². The summed E-state index contributed by atoms with van der Waals surface area (Å²) >= 11 is 8.13. The molecule has 0 bridgehead atoms. The molecular formula is C23H26ClN3O2S. The Morgan fingerprint density at radius 3 is 2.93 bits per heavy atom. The van der Waals surface area contributed by atoms with Gasteiger partial charge in [0.15, 0.2) is 0 Å². The van der Waals surface area contributed by atoms with Crippen LogP contribution in [0, 0.1) is 0 Å². The van der Waals surface area contributed by atoms with Crippen molar-refractivity contribution in [1.82, 2.24) is 15.2 Å². The fourth-order valence-electron chi connectivity index (χ4n) is 4.41. The molecule has 0 amide bonds. The number of piperazine rings is 1. The van der Waals surface area contributed by atoms with Gasteiger partial charge in [-0.1, -0.05) is 18.5 Å². The largest absolute Gasteiger partial charge is 0.488 e. The molecule has 1 aromatic carbocycles. The lowest BCUT2D eigenvalue weighted by molar-refractivity contribution is 0.140. The molecule has 4 heterocycles. The number of ether oxygens (including phenoxy) is 1. The monoisotopic (exact) mass is 443 g/mol. The normalized spacial score (nSPS) is 20.3. The Labute approximate surface area is 185 Å². The third-order valence-corrected chi connectivity index (χ3v) is 7.45. The number of aromatic nitrogens is 1. The van der Waals surface area contributed by atoms with Gasteiger partial charge in [0.25, 0.3) is 0 Å². The van der Waals surface area contributed by atoms with Gasteiger partial charge in [0.2, 0.25) is 0 Å². The number of hydrogen-bond acceptors (Lipinski definition) is 6. The van der Waals surface area contributed by atoms with E-state index < -0.39 is 6.10 Å². The average Bonchev–Trinajstić information content (AvgIpc) is 3.36. The summed E-state index contributed by atoms with van der Waals surface area (Å²) in [6.45, 7) is 7.12. The van der Waals surface area contributed by atoms with Crippen LogP contribution in [0.3, 0.4) is 0 Å². The first-order valence-corrected chi connectivity index (χ1v) is 11.8. The Hall–Kier alpha value is -1.70. The van der Waals surface area contributed by atoms with Crippen molar-refractivity contribution in [1.29, 1.82) is 0 Å². The molecule has 0 spiro atoms. The molecule has 158 valence electrons. The van der Waals surface area contributed by atoms with E-state index in [1.807, 2.05) is 37.4 Å². The third kappa shape index (κ3) is 3.83. The third-order valence-electron chi connectivity index (χ3n) is 5.97. The number of halogens is 1. The lowest BCUT2D eigenvalue weighted by Gasteiger charge is -2.29. The number of nitrogens with one attached hydrogen (secondary N) is 1. The van der Waals surface area contributed by atoms with Gasteiger partial charge in [-0.05, 0) is 36.2 Å². The van der Waals surface area contributed by atoms with E-state index in [-0.39, 0.29) is 6.10 Å². The van der Waals surface area contributed by atoms with Crippen molar-refractivity contribution in [3.05, 3.63) is 45.9 Å². The summed E-state index contributed by atoms with van der Waals surface area (Å²) in [7, 11) is 0. The maximum Gasteiger partial charge on any atom is 0.131 e. The number of fused-ring (bicyclic) bond motifs is 2. The molecule has 2 N–H and O–H groups in total. The van der Waals surface area contributed by atoms with Crippen molar-refractivity contribution in [2.75, 3.05) is 32.7 Å². The van der Waals surface area contributed by atoms with Crippen LogP contribution in [-0.4, -0.2) is 53.8 Å². The molecule has 5 rings (SSSR count). The molecule has 1 fully saturated rings. The standard InChI is InChI=1S/C23H26ClN3O2S/c1-2-20(28)21-12-19-23(30-21)17(3-4-26-19)18-11-15(24)9-14-10-16(29-22(14)18)13-27-7-5-25-6-8-27/h3-4,9,11-12,16,20,25,28H,2,5-8,10,13H2,1H3. The fourth-order valence-corrected chi connectivity index (χ4v) is 5.87. The molecule has 1 saturated heterocycles. The van der Waals surface area contributed by atoms with Crippen molar-refractivity contribution in [3.8, 4) is 16.9 Å². The first kappa shape index (κ1) is 20.2. The highest BCUT2D eigenvalue weighted by molar-refractivity contribution is 7.19. The second kappa shape index (κ2) is 8.44. The second-order valence-corrected chi connectivity index (χ2v) is 9.60. The van der Waals surface area contributed by atoms with E-state index in [0.29, 0.717) is 6.42 Å². The van der Waals surface area contributed by atoms with Crippen LogP contribution in [0.15, 0.2) is 30.5 Å². The van der Waals surface area contributed by atoms with Gasteiger partial charge in [0.05, 0.1) is 16.3 Å². The summed E-state index contributed by atoms with van der Waals surface area (Å²) < 4.78 is 7.56. The molecule has 7 heteroatoms. The molecule has 3 aromatic rings. The molecule has 0 saturated carbocycles. The van der Waals surface area contributed by atoms with Gasteiger partial charge in [0, 0.05) is 66.4 Å². The van der Waals surface area contributed by atoms with Gasteiger partial charge in [-0.2, -0.15) is 0 Å². The van der Waals surface area contributed by atoms with Crippen LogP contribution in [0.25, 0.3) is 21.3 Å². The first-order chi connectivity index (χ1) is 14.6. The number of aliphatic hydroxyl groups excluding tert-OH is 1. The number of thiophene rings is 1. The smallest absolute Gasteiger partial charge is 0.131 e. The van der Waals surface area contributed by atoms with Crippen molar-refractivity contribution < 1.29 is 9.84 Å². The predicted molar refractivity (Wildman–Crippen MR) is 123 cm³/mol. The molecule has 2 atom stereocenters. The molecule has 2 aliphatic rings. The van der Waals surface area contributed by atoms with E-state index in [1.54, 1.807) is 11.3 Å². The topological polar surface area (TPSA) is 57.6 Å². The number of pyridine rings is 1. The summed E-state index contributed by atoms with van der Waals surface area (Å²) in [5.74, 6) is 0.943. The summed E-state index contributed by atoms with van der Waals surface area (Å²) in [4.78, 5) is 7.94. The van der Waals surface area contributed by atoms with E-state index in [9.17, 15) is 5.11 Å². The Balaban J connectivity index is 1.50. The second-order valence-electron chi connectivity index (χ2n) is 8.08. The lowest BCUT2D eigenvalue weighted by atomic mass is 10.0. The van der Waals surface area contributed by atoms with Gasteiger partial charge in [-0.3, -0.25) is 9.88 Å². The average molecular weight is 444 g/mol. The molecular weight excluding hydrogens is 418 g/mol. The highest BCUT2D eigenvalue weighted by Gasteiger charge is 2.29. The van der Waals surface area contributed by atoms with E-state index in [0.717, 1.165) is 76.1 Å². The SMILES string of the molecule is CCC(O)c1cc2nccc(-c3cc(Cl)cc4c3OC(CN3CCNCC3)C4)c2s1. The van der Waals surface area contributed by atoms with Gasteiger partial charge < -0.3 is 15.2 Å². The molecule has 2 aliphatic heterocycles. The van der Waals surface area contributed by atoms with Crippen LogP contribution in [0.5, 0.6) is 5.75 Å². The Morgan fingerprint density at radius 1 is 1.30 bits per heavy atom. The minimum absolute atomic E-state index is 0.147. The number of aliphatic hydroxyl groups is 1. The molecule has 2 aromatic heterocycles. The van der Waals surface area contributed by atoms with Crippen molar-refractivity contribution in [3.63, 3.8) is 0 Å². The minimum atomic E-state index is -0.457. The van der Waals surface area contributed by atoms with E-state index in [4.69, 9.17) is 16.3 Å². The van der Waals surface area contributed by atoms with Gasteiger partial charge in [0.1, 0.15) is 11.9 Å². The van der Waals surface area contributed by atoms with E-state index in [1.165, 1.54) is 5.56 Å². The Morgan fingerprint density at radius 2 is 2.13 bits per heavy atom. The lowest BCUT2D eigenvalue weighted by Crippen LogP contribution is -2.47. The summed E-state index contributed by atoms with van der Waals surface area (Å²) in [6.07, 6.45) is 3.08. The zero-order chi connectivity index (χ0) is 20.7. The number of rotatable bonds is 5. The van der Waals surface area contributed by atoms with Crippen LogP contribution in [0.2, 0.25) is 5.02 Å². The highest BCUT2D eigenvalue weighted by Crippen LogP contribution is 2.45. The van der Waals surface area contributed by atoms with Gasteiger partial charge in [-0.15, -0.1) is 11.3 Å². The molecule has 0 radical (unpaired) electrons. The number of nitrogens with zero attached hydrogens (tertiary/aromatic N) is 2. The minimum Gasteiger partial charge on any atom is -0.488 e. The Bertz CT molecular complexity index is 1060. The summed E-state index contributed by atoms with van der Waals surface area (Å²) in [6, 6.07) is 8.06. The molecule has 30 heavy (non-hydrogen) atoms. The van der Waals surface area contributed by atoms with Crippen LogP contribution in [0.1, 0.15) is 29.9 Å². The van der Waals surface area contributed by atoms with Crippen LogP contribution >= 0.6 is 22.9 Å². The summed E-state index contributed by atoms with van der Waals surface area (Å²) in [5.41, 5.74) is 4.17. The maximum absolute atomic E-state index is 10.3. The highest BCUT2D eigenvalue weighted by atomic mass is 35.5. The van der Waals surface area contributed by atoms with E-state index in [2.05, 4.69) is 15.2 Å². The van der Waals surface area contributed by atoms with Gasteiger partial charge >= 0.3 is 0 Å². The summed E-state index contributed by atoms with van der Waals surface area (Å²) in [5, 5.41) is 14.4. The van der Waals surface area contributed by atoms with Crippen molar-refractivity contribution in [2.24, 2.45) is 0 Å². The predicted octanol–water partition coefficient (Wildman–Crippen LogP) is 4.27. The maximum atomic E-state index is 10.3. The van der Waals surface area contributed by atoms with Crippen LogP contribution < -0.4 is 10.1 Å². The van der Waals surface area contributed by atoms with Crippen LogP contribution in [-0.2, 0) is 6.42 Å². The molecule has 0 aliphatic carbocycles. The first-order valence-electron chi connectivity index (χ1n) is 10.6. The van der Waals surface area contributed by atoms with E-state index >= 15 is 0 Å². The quantitative estimate of drug-likeness (QED) is 0.616.